The fourth-order valence-corrected chi connectivity index (χ4v) is 7.37. The van der Waals surface area contributed by atoms with Crippen molar-refractivity contribution in [1.29, 1.82) is 0 Å². The molecule has 3 aliphatic rings. The normalized spacial score (nSPS) is 25.6. The number of fused-ring (bicyclic) bond motifs is 3. The number of aromatic hydroxyl groups is 2. The highest BCUT2D eigenvalue weighted by molar-refractivity contribution is 7.99. The van der Waals surface area contributed by atoms with Crippen LogP contribution in [0.4, 0.5) is 0 Å². The quantitative estimate of drug-likeness (QED) is 0.384. The van der Waals surface area contributed by atoms with Gasteiger partial charge in [0.1, 0.15) is 35.7 Å². The van der Waals surface area contributed by atoms with E-state index in [4.69, 9.17) is 9.47 Å². The van der Waals surface area contributed by atoms with Gasteiger partial charge in [-0.1, -0.05) is 37.1 Å². The SMILES string of the molecule is Oc1ccc([C@H]2Sc3cc(O)ccc3O[C@H]2c2ccc(OCCN3C4CCCC3CCC4)cc2)cc1. The van der Waals surface area contributed by atoms with Gasteiger partial charge in [-0.2, -0.15) is 0 Å². The number of benzene rings is 3. The average molecular weight is 504 g/mol. The Morgan fingerprint density at radius 1 is 0.806 bits per heavy atom. The fourth-order valence-electron chi connectivity index (χ4n) is 6.05. The van der Waals surface area contributed by atoms with Crippen molar-refractivity contribution in [3.63, 3.8) is 0 Å². The first kappa shape index (κ1) is 23.6. The van der Waals surface area contributed by atoms with Crippen LogP contribution in [0.25, 0.3) is 0 Å². The second-order valence-corrected chi connectivity index (χ2v) is 11.3. The average Bonchev–Trinajstić information content (AvgIpc) is 2.89. The lowest BCUT2D eigenvalue weighted by atomic mass is 9.84. The monoisotopic (exact) mass is 503 g/mol. The lowest BCUT2D eigenvalue weighted by Gasteiger charge is -2.46. The van der Waals surface area contributed by atoms with Crippen molar-refractivity contribution in [3.8, 4) is 23.0 Å². The number of nitrogens with zero attached hydrogens (tertiary/aromatic N) is 1. The van der Waals surface area contributed by atoms with Crippen molar-refractivity contribution in [3.05, 3.63) is 77.9 Å². The zero-order valence-electron chi connectivity index (χ0n) is 20.4. The van der Waals surface area contributed by atoms with Crippen LogP contribution >= 0.6 is 11.8 Å². The third-order valence-electron chi connectivity index (χ3n) is 7.85. The molecule has 5 nitrogen and oxygen atoms in total. The van der Waals surface area contributed by atoms with Crippen molar-refractivity contribution in [2.24, 2.45) is 0 Å². The van der Waals surface area contributed by atoms with E-state index in [-0.39, 0.29) is 22.9 Å². The topological polar surface area (TPSA) is 62.2 Å². The number of phenolic OH excluding ortho intramolecular Hbond substituents is 2. The molecule has 2 N–H and O–H groups in total. The Labute approximate surface area is 217 Å². The molecule has 2 atom stereocenters. The van der Waals surface area contributed by atoms with Crippen molar-refractivity contribution in [2.45, 2.75) is 66.9 Å². The molecule has 0 saturated carbocycles. The number of piperidine rings is 2. The lowest BCUT2D eigenvalue weighted by Crippen LogP contribution is -2.50. The Morgan fingerprint density at radius 2 is 1.44 bits per heavy atom. The maximum absolute atomic E-state index is 9.98. The largest absolute Gasteiger partial charge is 0.508 e. The second kappa shape index (κ2) is 10.3. The van der Waals surface area contributed by atoms with E-state index in [9.17, 15) is 10.2 Å². The minimum absolute atomic E-state index is 0.0230. The number of phenols is 2. The third-order valence-corrected chi connectivity index (χ3v) is 9.19. The molecule has 0 unspecified atom stereocenters. The predicted molar refractivity (Wildman–Crippen MR) is 142 cm³/mol. The molecule has 36 heavy (non-hydrogen) atoms. The lowest BCUT2D eigenvalue weighted by molar-refractivity contribution is 0.0295. The maximum Gasteiger partial charge on any atom is 0.140 e. The molecule has 0 spiro atoms. The standard InChI is InChI=1S/C30H33NO4S/c32-24-11-7-21(8-12-24)30-29(35-27-16-13-25(33)19-28(27)36-30)20-9-14-26(15-10-20)34-18-17-31-22-3-1-4-23(31)6-2-5-22/h7-16,19,22-23,29-30,32-33H,1-6,17-18H2/t22?,23?,29-,30+/m0/s1. The van der Waals surface area contributed by atoms with Gasteiger partial charge in [0.25, 0.3) is 0 Å². The molecule has 188 valence electrons. The summed E-state index contributed by atoms with van der Waals surface area (Å²) in [6, 6.07) is 22.3. The number of hydrogen-bond acceptors (Lipinski definition) is 6. The van der Waals surface area contributed by atoms with Crippen LogP contribution in [0, 0.1) is 0 Å². The van der Waals surface area contributed by atoms with Crippen LogP contribution in [-0.4, -0.2) is 40.3 Å². The number of rotatable bonds is 6. The molecule has 3 aromatic carbocycles. The van der Waals surface area contributed by atoms with E-state index in [1.165, 1.54) is 38.5 Å². The highest BCUT2D eigenvalue weighted by Crippen LogP contribution is 2.54. The second-order valence-electron chi connectivity index (χ2n) is 10.1. The van der Waals surface area contributed by atoms with Crippen LogP contribution < -0.4 is 9.47 Å². The van der Waals surface area contributed by atoms with E-state index in [1.807, 2.05) is 30.3 Å². The highest BCUT2D eigenvalue weighted by atomic mass is 32.2. The smallest absolute Gasteiger partial charge is 0.140 e. The van der Waals surface area contributed by atoms with Gasteiger partial charge in [0.15, 0.2) is 0 Å². The minimum atomic E-state index is -0.210. The first-order chi connectivity index (χ1) is 17.6. The summed E-state index contributed by atoms with van der Waals surface area (Å²) >= 11 is 1.67. The molecule has 2 bridgehead atoms. The summed E-state index contributed by atoms with van der Waals surface area (Å²) in [5.74, 6) is 2.12. The van der Waals surface area contributed by atoms with Crippen LogP contribution in [0.2, 0.25) is 0 Å². The molecule has 6 rings (SSSR count). The number of hydrogen-bond donors (Lipinski definition) is 2. The third kappa shape index (κ3) is 4.89. The van der Waals surface area contributed by atoms with Crippen LogP contribution in [0.3, 0.4) is 0 Å². The summed E-state index contributed by atoms with van der Waals surface area (Å²) in [7, 11) is 0. The molecule has 2 saturated heterocycles. The Bertz CT molecular complexity index is 1160. The Kier molecular flexibility index (Phi) is 6.72. The zero-order chi connectivity index (χ0) is 24.5. The highest BCUT2D eigenvalue weighted by Gasteiger charge is 2.34. The van der Waals surface area contributed by atoms with Gasteiger partial charge in [-0.25, -0.2) is 0 Å². The van der Waals surface area contributed by atoms with Gasteiger partial charge in [-0.3, -0.25) is 4.90 Å². The Balaban J connectivity index is 1.16. The molecule has 3 heterocycles. The number of thioether (sulfide) groups is 1. The van der Waals surface area contributed by atoms with Crippen molar-refractivity contribution < 1.29 is 19.7 Å². The molecule has 3 aliphatic heterocycles. The summed E-state index contributed by atoms with van der Waals surface area (Å²) in [5, 5.41) is 19.7. The molecule has 0 amide bonds. The van der Waals surface area contributed by atoms with E-state index in [0.29, 0.717) is 0 Å². The van der Waals surface area contributed by atoms with Crippen LogP contribution in [0.15, 0.2) is 71.6 Å². The van der Waals surface area contributed by atoms with Crippen molar-refractivity contribution >= 4 is 11.8 Å². The molecule has 0 aromatic heterocycles. The van der Waals surface area contributed by atoms with Gasteiger partial charge < -0.3 is 19.7 Å². The van der Waals surface area contributed by atoms with Crippen molar-refractivity contribution in [2.75, 3.05) is 13.2 Å². The maximum atomic E-state index is 9.98. The van der Waals surface area contributed by atoms with Gasteiger partial charge in [0.05, 0.1) is 10.1 Å². The molecule has 6 heteroatoms. The summed E-state index contributed by atoms with van der Waals surface area (Å²) in [6.07, 6.45) is 7.92. The van der Waals surface area contributed by atoms with Gasteiger partial charge >= 0.3 is 0 Å². The minimum Gasteiger partial charge on any atom is -0.508 e. The van der Waals surface area contributed by atoms with Crippen molar-refractivity contribution in [1.82, 2.24) is 4.90 Å². The first-order valence-electron chi connectivity index (χ1n) is 13.1. The summed E-state index contributed by atoms with van der Waals surface area (Å²) in [5.41, 5.74) is 2.13. The van der Waals surface area contributed by atoms with Crippen LogP contribution in [0.1, 0.15) is 61.0 Å². The van der Waals surface area contributed by atoms with Crippen LogP contribution in [-0.2, 0) is 0 Å². The van der Waals surface area contributed by atoms with E-state index in [0.717, 1.165) is 52.8 Å². The predicted octanol–water partition coefficient (Wildman–Crippen LogP) is 6.85. The molecule has 0 radical (unpaired) electrons. The number of ether oxygens (including phenoxy) is 2. The molecule has 3 aromatic rings. The summed E-state index contributed by atoms with van der Waals surface area (Å²) < 4.78 is 12.6. The van der Waals surface area contributed by atoms with Gasteiger partial charge in [-0.15, -0.1) is 11.8 Å². The summed E-state index contributed by atoms with van der Waals surface area (Å²) in [4.78, 5) is 3.61. The van der Waals surface area contributed by atoms with E-state index < -0.39 is 0 Å². The van der Waals surface area contributed by atoms with Crippen LogP contribution in [0.5, 0.6) is 23.0 Å². The first-order valence-corrected chi connectivity index (χ1v) is 14.0. The molecular weight excluding hydrogens is 470 g/mol. The molecule has 2 fully saturated rings. The van der Waals surface area contributed by atoms with E-state index >= 15 is 0 Å². The van der Waals surface area contributed by atoms with E-state index in [1.54, 1.807) is 36.0 Å². The zero-order valence-corrected chi connectivity index (χ0v) is 21.2. The van der Waals surface area contributed by atoms with E-state index in [2.05, 4.69) is 17.0 Å². The molecular formula is C30H33NO4S. The Morgan fingerprint density at radius 3 is 2.14 bits per heavy atom. The fraction of sp³-hybridized carbons (Fsp3) is 0.400. The van der Waals surface area contributed by atoms with Gasteiger partial charge in [0.2, 0.25) is 0 Å². The Hall–Kier alpha value is -2.83. The molecule has 0 aliphatic carbocycles. The van der Waals surface area contributed by atoms with Gasteiger partial charge in [-0.05, 0) is 79.3 Å². The van der Waals surface area contributed by atoms with Gasteiger partial charge in [0, 0.05) is 18.6 Å². The summed E-state index contributed by atoms with van der Waals surface area (Å²) in [6.45, 7) is 1.72.